The van der Waals surface area contributed by atoms with E-state index in [4.69, 9.17) is 4.74 Å². The number of benzene rings is 1. The molecule has 2 fully saturated rings. The molecule has 3 rings (SSSR count). The maximum Gasteiger partial charge on any atom is 0.208 e. The quantitative estimate of drug-likeness (QED) is 0.793. The summed E-state index contributed by atoms with van der Waals surface area (Å²) in [6.07, 6.45) is 0.964. The van der Waals surface area contributed by atoms with Gasteiger partial charge in [0.1, 0.15) is 0 Å². The van der Waals surface area contributed by atoms with Crippen LogP contribution in [-0.4, -0.2) is 16.0 Å². The highest BCUT2D eigenvalue weighted by Crippen LogP contribution is 2.74. The minimum atomic E-state index is -1.16. The van der Waals surface area contributed by atoms with Crippen LogP contribution in [0.1, 0.15) is 18.9 Å². The summed E-state index contributed by atoms with van der Waals surface area (Å²) in [7, 11) is 0. The standard InChI is InChI=1S/C12H13BrO2/c1-10-7-11(10,13)12(14,15-8-10)9-5-3-2-4-6-9/h2-6,14H,7-8H2,1H3/t10-,11+,12-/m0/s1. The molecule has 2 nitrogen and oxygen atoms in total. The third kappa shape index (κ3) is 1.01. The van der Waals surface area contributed by atoms with Crippen molar-refractivity contribution < 1.29 is 9.84 Å². The number of ether oxygens (including phenoxy) is 1. The lowest BCUT2D eigenvalue weighted by molar-refractivity contribution is -0.192. The van der Waals surface area contributed by atoms with Crippen molar-refractivity contribution in [2.24, 2.45) is 5.41 Å². The van der Waals surface area contributed by atoms with E-state index in [1.807, 2.05) is 30.3 Å². The third-order valence-corrected chi connectivity index (χ3v) is 5.54. The van der Waals surface area contributed by atoms with Crippen LogP contribution in [0.15, 0.2) is 30.3 Å². The van der Waals surface area contributed by atoms with Gasteiger partial charge in [-0.25, -0.2) is 0 Å². The highest BCUT2D eigenvalue weighted by atomic mass is 79.9. The average Bonchev–Trinajstić information content (AvgIpc) is 2.75. The van der Waals surface area contributed by atoms with Gasteiger partial charge < -0.3 is 9.84 Å². The van der Waals surface area contributed by atoms with E-state index in [-0.39, 0.29) is 9.74 Å². The van der Waals surface area contributed by atoms with Gasteiger partial charge in [-0.1, -0.05) is 53.2 Å². The molecule has 1 heterocycles. The largest absolute Gasteiger partial charge is 0.361 e. The third-order valence-electron chi connectivity index (χ3n) is 3.77. The Kier molecular flexibility index (Phi) is 1.73. The molecule has 15 heavy (non-hydrogen) atoms. The Morgan fingerprint density at radius 2 is 2.00 bits per heavy atom. The molecule has 1 aliphatic carbocycles. The lowest BCUT2D eigenvalue weighted by atomic mass is 9.98. The number of rotatable bonds is 1. The second-order valence-corrected chi connectivity index (χ2v) is 6.19. The Morgan fingerprint density at radius 3 is 2.47 bits per heavy atom. The summed E-state index contributed by atoms with van der Waals surface area (Å²) >= 11 is 3.66. The smallest absolute Gasteiger partial charge is 0.208 e. The van der Waals surface area contributed by atoms with Gasteiger partial charge in [0.2, 0.25) is 5.79 Å². The zero-order chi connectivity index (χ0) is 10.7. The van der Waals surface area contributed by atoms with E-state index >= 15 is 0 Å². The Hall–Kier alpha value is -0.380. The van der Waals surface area contributed by atoms with E-state index in [1.54, 1.807) is 0 Å². The van der Waals surface area contributed by atoms with Gasteiger partial charge in [-0.3, -0.25) is 0 Å². The van der Waals surface area contributed by atoms with Crippen molar-refractivity contribution in [2.75, 3.05) is 6.61 Å². The van der Waals surface area contributed by atoms with E-state index in [0.717, 1.165) is 12.0 Å². The summed E-state index contributed by atoms with van der Waals surface area (Å²) < 4.78 is 5.31. The van der Waals surface area contributed by atoms with Crippen LogP contribution in [0.3, 0.4) is 0 Å². The highest BCUT2D eigenvalue weighted by Gasteiger charge is 2.79. The molecule has 3 atom stereocenters. The minimum Gasteiger partial charge on any atom is -0.361 e. The summed E-state index contributed by atoms with van der Waals surface area (Å²) in [4.78, 5) is 0. The van der Waals surface area contributed by atoms with Crippen molar-refractivity contribution in [2.45, 2.75) is 23.5 Å². The van der Waals surface area contributed by atoms with Gasteiger partial charge in [0.25, 0.3) is 0 Å². The lowest BCUT2D eigenvalue weighted by Gasteiger charge is -2.29. The van der Waals surface area contributed by atoms with Crippen LogP contribution in [-0.2, 0) is 10.5 Å². The molecule has 1 N–H and O–H groups in total. The van der Waals surface area contributed by atoms with Crippen molar-refractivity contribution in [3.63, 3.8) is 0 Å². The molecular formula is C12H13BrO2. The monoisotopic (exact) mass is 268 g/mol. The summed E-state index contributed by atoms with van der Waals surface area (Å²) in [6.45, 7) is 2.76. The normalized spacial score (nSPS) is 47.7. The fourth-order valence-electron chi connectivity index (χ4n) is 2.54. The van der Waals surface area contributed by atoms with E-state index < -0.39 is 5.79 Å². The first-order valence-corrected chi connectivity index (χ1v) is 5.92. The zero-order valence-electron chi connectivity index (χ0n) is 8.53. The molecule has 1 aromatic carbocycles. The molecule has 0 aromatic heterocycles. The van der Waals surface area contributed by atoms with Gasteiger partial charge in [0.15, 0.2) is 0 Å². The molecule has 3 heteroatoms. The first kappa shape index (κ1) is 9.82. The molecule has 1 saturated heterocycles. The molecule has 0 unspecified atom stereocenters. The molecule has 0 radical (unpaired) electrons. The second kappa shape index (κ2) is 2.65. The van der Waals surface area contributed by atoms with Crippen LogP contribution in [0.25, 0.3) is 0 Å². The maximum atomic E-state index is 10.6. The molecular weight excluding hydrogens is 256 g/mol. The van der Waals surface area contributed by atoms with Crippen LogP contribution >= 0.6 is 15.9 Å². The molecule has 1 aliphatic heterocycles. The number of fused-ring (bicyclic) bond motifs is 1. The summed E-state index contributed by atoms with van der Waals surface area (Å²) in [5.74, 6) is -1.16. The number of aliphatic hydroxyl groups is 1. The molecule has 2 aliphatic rings. The number of alkyl halides is 1. The lowest BCUT2D eigenvalue weighted by Crippen LogP contribution is -2.37. The number of hydrogen-bond acceptors (Lipinski definition) is 2. The highest BCUT2D eigenvalue weighted by molar-refractivity contribution is 9.10. The average molecular weight is 269 g/mol. The summed E-state index contributed by atoms with van der Waals surface area (Å²) in [5.41, 5.74) is 0.917. The SMILES string of the molecule is C[C@]12CO[C@@](O)(c3ccccc3)[C@@]1(Br)C2. The van der Waals surface area contributed by atoms with Crippen LogP contribution in [0.4, 0.5) is 0 Å². The Bertz CT molecular complexity index is 403. The molecule has 0 spiro atoms. The van der Waals surface area contributed by atoms with Gasteiger partial charge in [0.05, 0.1) is 10.9 Å². The van der Waals surface area contributed by atoms with Crippen LogP contribution in [0.2, 0.25) is 0 Å². The van der Waals surface area contributed by atoms with E-state index in [2.05, 4.69) is 22.9 Å². The fraction of sp³-hybridized carbons (Fsp3) is 0.500. The van der Waals surface area contributed by atoms with Crippen molar-refractivity contribution in [1.29, 1.82) is 0 Å². The predicted octanol–water partition coefficient (Wildman–Crippen LogP) is 2.41. The number of hydrogen-bond donors (Lipinski definition) is 1. The predicted molar refractivity (Wildman–Crippen MR) is 60.7 cm³/mol. The van der Waals surface area contributed by atoms with Gasteiger partial charge in [-0.2, -0.15) is 0 Å². The topological polar surface area (TPSA) is 29.5 Å². The van der Waals surface area contributed by atoms with Gasteiger partial charge >= 0.3 is 0 Å². The Labute approximate surface area is 97.4 Å². The molecule has 80 valence electrons. The van der Waals surface area contributed by atoms with Gasteiger partial charge in [-0.15, -0.1) is 0 Å². The molecule has 1 aromatic rings. The summed E-state index contributed by atoms with van der Waals surface area (Å²) in [5, 5.41) is 10.6. The van der Waals surface area contributed by atoms with Gasteiger partial charge in [-0.05, 0) is 6.42 Å². The van der Waals surface area contributed by atoms with Crippen molar-refractivity contribution in [3.05, 3.63) is 35.9 Å². The Balaban J connectivity index is 2.07. The van der Waals surface area contributed by atoms with E-state index in [0.29, 0.717) is 6.61 Å². The molecule has 0 bridgehead atoms. The fourth-order valence-corrected chi connectivity index (χ4v) is 3.62. The second-order valence-electron chi connectivity index (χ2n) is 4.84. The van der Waals surface area contributed by atoms with E-state index in [1.165, 1.54) is 0 Å². The van der Waals surface area contributed by atoms with Crippen LogP contribution < -0.4 is 0 Å². The van der Waals surface area contributed by atoms with Gasteiger partial charge in [0, 0.05) is 11.0 Å². The van der Waals surface area contributed by atoms with Crippen molar-refractivity contribution in [3.8, 4) is 0 Å². The van der Waals surface area contributed by atoms with Crippen LogP contribution in [0, 0.1) is 5.41 Å². The Morgan fingerprint density at radius 1 is 1.33 bits per heavy atom. The first-order valence-electron chi connectivity index (χ1n) is 5.13. The minimum absolute atomic E-state index is 0.0809. The maximum absolute atomic E-state index is 10.6. The van der Waals surface area contributed by atoms with Crippen molar-refractivity contribution >= 4 is 15.9 Å². The zero-order valence-corrected chi connectivity index (χ0v) is 10.1. The molecule has 1 saturated carbocycles. The number of halogens is 1. The van der Waals surface area contributed by atoms with Crippen molar-refractivity contribution in [1.82, 2.24) is 0 Å². The molecule has 0 amide bonds. The summed E-state index contributed by atoms with van der Waals surface area (Å²) in [6, 6.07) is 9.60. The van der Waals surface area contributed by atoms with Crippen LogP contribution in [0.5, 0.6) is 0 Å². The van der Waals surface area contributed by atoms with E-state index in [9.17, 15) is 5.11 Å². The first-order chi connectivity index (χ1) is 7.02.